The smallest absolute Gasteiger partial charge is 0.163 e. The molecule has 1 spiro atoms. The molecule has 7 nitrogen and oxygen atoms in total. The summed E-state index contributed by atoms with van der Waals surface area (Å²) in [6, 6.07) is 5.43. The van der Waals surface area contributed by atoms with Crippen LogP contribution in [0.2, 0.25) is 5.02 Å². The maximum absolute atomic E-state index is 10.1. The Kier molecular flexibility index (Phi) is 9.04. The number of hydrogen-bond acceptors (Lipinski definition) is 7. The highest BCUT2D eigenvalue weighted by atomic mass is 35.5. The Bertz CT molecular complexity index is 1240. The Morgan fingerprint density at radius 1 is 1.21 bits per heavy atom. The lowest BCUT2D eigenvalue weighted by Crippen LogP contribution is -2.64. The van der Waals surface area contributed by atoms with E-state index in [-0.39, 0.29) is 12.7 Å². The molecule has 2 heterocycles. The number of halogens is 1. The Hall–Kier alpha value is -2.48. The second-order valence-electron chi connectivity index (χ2n) is 11.8. The van der Waals surface area contributed by atoms with Crippen LogP contribution in [0, 0.1) is 17.7 Å². The van der Waals surface area contributed by atoms with Crippen LogP contribution in [0.4, 0.5) is 5.82 Å². The molecule has 2 N–H and O–H groups in total. The number of rotatable bonds is 11. The molecule has 0 unspecified atom stereocenters. The largest absolute Gasteiger partial charge is 0.491 e. The maximum Gasteiger partial charge on any atom is 0.163 e. The van der Waals surface area contributed by atoms with Crippen LogP contribution < -0.4 is 9.64 Å². The van der Waals surface area contributed by atoms with E-state index < -0.39 is 6.10 Å². The summed E-state index contributed by atoms with van der Waals surface area (Å²) in [7, 11) is 0. The highest BCUT2D eigenvalue weighted by Crippen LogP contribution is 2.51. The third-order valence-electron chi connectivity index (χ3n) is 7.61. The van der Waals surface area contributed by atoms with Crippen LogP contribution in [0.25, 0.3) is 17.0 Å². The summed E-state index contributed by atoms with van der Waals surface area (Å²) in [5.74, 6) is 2.00. The Balaban J connectivity index is 1.69. The van der Waals surface area contributed by atoms with Crippen molar-refractivity contribution in [3.63, 3.8) is 0 Å². The number of benzene rings is 1. The summed E-state index contributed by atoms with van der Waals surface area (Å²) in [5.41, 5.74) is 5.01. The second kappa shape index (κ2) is 11.9. The third-order valence-corrected chi connectivity index (χ3v) is 7.94. The number of nitrogens with zero attached hydrogens (tertiary/aromatic N) is 3. The van der Waals surface area contributed by atoms with E-state index in [4.69, 9.17) is 36.5 Å². The minimum absolute atomic E-state index is 0.215. The van der Waals surface area contributed by atoms with Gasteiger partial charge in [-0.3, -0.25) is 0 Å². The van der Waals surface area contributed by atoms with Gasteiger partial charge in [-0.25, -0.2) is 9.97 Å². The number of allylic oxidation sites excluding steroid dienone is 2. The quantitative estimate of drug-likeness (QED) is 0.294. The number of nitrogens with one attached hydrogen (secondary N) is 1. The monoisotopic (exact) mass is 554 g/mol. The van der Waals surface area contributed by atoms with Gasteiger partial charge >= 0.3 is 0 Å². The van der Waals surface area contributed by atoms with Gasteiger partial charge in [0.15, 0.2) is 5.82 Å². The van der Waals surface area contributed by atoms with Crippen molar-refractivity contribution in [3.05, 3.63) is 40.1 Å². The van der Waals surface area contributed by atoms with Crippen molar-refractivity contribution in [1.29, 1.82) is 5.41 Å². The molecule has 0 bridgehead atoms. The molecule has 2 aliphatic rings. The first kappa shape index (κ1) is 29.5. The molecule has 1 saturated heterocycles. The predicted molar refractivity (Wildman–Crippen MR) is 159 cm³/mol. The summed E-state index contributed by atoms with van der Waals surface area (Å²) in [4.78, 5) is 12.4. The van der Waals surface area contributed by atoms with E-state index in [1.54, 1.807) is 19.1 Å². The zero-order valence-electron chi connectivity index (χ0n) is 24.4. The number of ether oxygens (including phenoxy) is 2. The number of anilines is 1. The fourth-order valence-corrected chi connectivity index (χ4v) is 6.10. The predicted octanol–water partition coefficient (Wildman–Crippen LogP) is 6.87. The standard InChI is InChI=1S/C31H43ClN4O3/c1-8-9-22(37)15-38-23-10-11-26(32)25(12-23)29-34-28(27(18(2)3)21(7)33)20(6)30(35-29)36-16-31(17-36)13-24(14-31)39-19(4)5/h10-12,19,22,24,33,37H,8-9,13-17H2,1-7H3/t22-/m1/s1. The zero-order valence-corrected chi connectivity index (χ0v) is 25.2. The molecule has 1 aliphatic carbocycles. The lowest BCUT2D eigenvalue weighted by Gasteiger charge is -2.59. The number of aromatic nitrogens is 2. The van der Waals surface area contributed by atoms with Gasteiger partial charge in [0.2, 0.25) is 0 Å². The molecule has 1 aliphatic heterocycles. The molecule has 1 aromatic carbocycles. The van der Waals surface area contributed by atoms with E-state index >= 15 is 0 Å². The highest BCUT2D eigenvalue weighted by Gasteiger charge is 2.53. The fourth-order valence-electron chi connectivity index (χ4n) is 5.90. The average Bonchev–Trinajstić information content (AvgIpc) is 2.80. The molecular weight excluding hydrogens is 512 g/mol. The van der Waals surface area contributed by atoms with Crippen molar-refractivity contribution in [2.24, 2.45) is 5.41 Å². The van der Waals surface area contributed by atoms with Crippen LogP contribution in [-0.4, -0.2) is 58.8 Å². The first-order valence-electron chi connectivity index (χ1n) is 14.1. The van der Waals surface area contributed by atoms with Crippen molar-refractivity contribution in [1.82, 2.24) is 9.97 Å². The SMILES string of the molecule is CCC[C@@H](O)COc1ccc(Cl)c(-c2nc(C(C(C)=N)=C(C)C)c(C)c(N3CC4(CC(OC(C)C)C4)C3)n2)c1. The van der Waals surface area contributed by atoms with Gasteiger partial charge in [0.1, 0.15) is 18.2 Å². The Morgan fingerprint density at radius 2 is 1.90 bits per heavy atom. The van der Waals surface area contributed by atoms with E-state index in [9.17, 15) is 5.11 Å². The van der Waals surface area contributed by atoms with E-state index in [2.05, 4.69) is 18.7 Å². The average molecular weight is 555 g/mol. The van der Waals surface area contributed by atoms with E-state index in [1.807, 2.05) is 33.8 Å². The topological polar surface area (TPSA) is 91.6 Å². The summed E-state index contributed by atoms with van der Waals surface area (Å²) >= 11 is 6.69. The molecule has 1 aromatic heterocycles. The van der Waals surface area contributed by atoms with Gasteiger partial charge in [0.05, 0.1) is 29.0 Å². The van der Waals surface area contributed by atoms with Crippen LogP contribution >= 0.6 is 11.6 Å². The molecule has 4 rings (SSSR count). The summed E-state index contributed by atoms with van der Waals surface area (Å²) in [6.45, 7) is 16.2. The molecule has 39 heavy (non-hydrogen) atoms. The normalized spacial score (nSPS) is 17.1. The first-order valence-corrected chi connectivity index (χ1v) is 14.4. The van der Waals surface area contributed by atoms with Crippen molar-refractivity contribution >= 4 is 28.7 Å². The molecule has 212 valence electrons. The second-order valence-corrected chi connectivity index (χ2v) is 12.2. The maximum atomic E-state index is 10.1. The Morgan fingerprint density at radius 3 is 2.49 bits per heavy atom. The van der Waals surface area contributed by atoms with E-state index in [1.165, 1.54) is 0 Å². The van der Waals surface area contributed by atoms with Crippen LogP contribution in [0.1, 0.15) is 78.5 Å². The van der Waals surface area contributed by atoms with Gasteiger partial charge in [-0.2, -0.15) is 0 Å². The minimum Gasteiger partial charge on any atom is -0.491 e. The number of aliphatic hydroxyl groups excluding tert-OH is 1. The molecule has 2 fully saturated rings. The first-order chi connectivity index (χ1) is 18.4. The van der Waals surface area contributed by atoms with Crippen LogP contribution in [0.15, 0.2) is 23.8 Å². The van der Waals surface area contributed by atoms with Gasteiger partial charge < -0.3 is 24.9 Å². The van der Waals surface area contributed by atoms with E-state index in [0.29, 0.717) is 45.8 Å². The van der Waals surface area contributed by atoms with Crippen LogP contribution in [-0.2, 0) is 4.74 Å². The summed E-state index contributed by atoms with van der Waals surface area (Å²) < 4.78 is 11.9. The summed E-state index contributed by atoms with van der Waals surface area (Å²) in [6.07, 6.45) is 3.82. The minimum atomic E-state index is -0.519. The molecule has 2 aromatic rings. The van der Waals surface area contributed by atoms with Crippen molar-refractivity contribution in [2.45, 2.75) is 92.5 Å². The van der Waals surface area contributed by atoms with Gasteiger partial charge in [-0.05, 0) is 79.0 Å². The van der Waals surface area contributed by atoms with E-state index in [0.717, 1.165) is 60.6 Å². The van der Waals surface area contributed by atoms with Gasteiger partial charge in [-0.1, -0.05) is 30.5 Å². The fraction of sp³-hybridized carbons (Fsp3) is 0.581. The van der Waals surface area contributed by atoms with Gasteiger partial charge in [0, 0.05) is 40.9 Å². The molecule has 0 radical (unpaired) electrons. The summed E-state index contributed by atoms with van der Waals surface area (Å²) in [5, 5.41) is 19.1. The number of aliphatic hydroxyl groups is 1. The zero-order chi connectivity index (χ0) is 28.5. The molecule has 1 atom stereocenters. The third kappa shape index (κ3) is 6.47. The highest BCUT2D eigenvalue weighted by molar-refractivity contribution is 6.33. The lowest BCUT2D eigenvalue weighted by molar-refractivity contribution is -0.114. The van der Waals surface area contributed by atoms with Crippen molar-refractivity contribution < 1.29 is 14.6 Å². The molecule has 0 amide bonds. The lowest BCUT2D eigenvalue weighted by atomic mass is 9.61. The number of hydrogen-bond donors (Lipinski definition) is 2. The van der Waals surface area contributed by atoms with Gasteiger partial charge in [-0.15, -0.1) is 0 Å². The van der Waals surface area contributed by atoms with Gasteiger partial charge in [0.25, 0.3) is 0 Å². The molecule has 8 heteroatoms. The van der Waals surface area contributed by atoms with Crippen LogP contribution in [0.3, 0.4) is 0 Å². The molecular formula is C31H43ClN4O3. The van der Waals surface area contributed by atoms with Crippen molar-refractivity contribution in [2.75, 3.05) is 24.6 Å². The van der Waals surface area contributed by atoms with Crippen LogP contribution in [0.5, 0.6) is 5.75 Å². The Labute approximate surface area is 238 Å². The van der Waals surface area contributed by atoms with Crippen molar-refractivity contribution in [3.8, 4) is 17.1 Å². The molecule has 1 saturated carbocycles.